The smallest absolute Gasteiger partial charge is 0.124 e. The highest BCUT2D eigenvalue weighted by atomic mass is 79.9. The zero-order valence-electron chi connectivity index (χ0n) is 8.68. The van der Waals surface area contributed by atoms with Gasteiger partial charge in [0, 0.05) is 5.33 Å². The van der Waals surface area contributed by atoms with E-state index in [2.05, 4.69) is 15.9 Å². The Kier molecular flexibility index (Phi) is 4.08. The van der Waals surface area contributed by atoms with Gasteiger partial charge in [0.2, 0.25) is 0 Å². The topological polar surface area (TPSA) is 0 Å². The third-order valence-corrected chi connectivity index (χ3v) is 3.75. The van der Waals surface area contributed by atoms with Gasteiger partial charge >= 0.3 is 0 Å². The van der Waals surface area contributed by atoms with Crippen molar-refractivity contribution in [3.05, 3.63) is 57.8 Å². The lowest BCUT2D eigenvalue weighted by atomic mass is 10.0. The molecule has 0 heterocycles. The summed E-state index contributed by atoms with van der Waals surface area (Å²) in [6.07, 6.45) is 0. The maximum Gasteiger partial charge on any atom is 0.124 e. The van der Waals surface area contributed by atoms with E-state index in [0.717, 1.165) is 16.7 Å². The van der Waals surface area contributed by atoms with Crippen LogP contribution in [0.3, 0.4) is 0 Å². The molecule has 0 aromatic heterocycles. The van der Waals surface area contributed by atoms with E-state index in [-0.39, 0.29) is 5.82 Å². The van der Waals surface area contributed by atoms with Crippen LogP contribution < -0.4 is 0 Å². The van der Waals surface area contributed by atoms with Crippen LogP contribution in [0.2, 0.25) is 10.0 Å². The molecule has 0 atom stereocenters. The minimum atomic E-state index is -0.261. The van der Waals surface area contributed by atoms with Crippen molar-refractivity contribution in [1.29, 1.82) is 0 Å². The van der Waals surface area contributed by atoms with Crippen LogP contribution in [0.1, 0.15) is 5.56 Å². The summed E-state index contributed by atoms with van der Waals surface area (Å²) in [5, 5.41) is 1.57. The monoisotopic (exact) mass is 332 g/mol. The Morgan fingerprint density at radius 2 is 1.71 bits per heavy atom. The standard InChI is InChI=1S/C13H8BrCl2F/c14-7-8-3-10(5-11(17)4-8)9-1-2-12(15)13(16)6-9/h1-6H,7H2. The van der Waals surface area contributed by atoms with E-state index < -0.39 is 0 Å². The van der Waals surface area contributed by atoms with Crippen molar-refractivity contribution >= 4 is 39.1 Å². The molecule has 0 nitrogen and oxygen atoms in total. The van der Waals surface area contributed by atoms with E-state index in [1.54, 1.807) is 12.1 Å². The minimum Gasteiger partial charge on any atom is -0.207 e. The molecule has 0 radical (unpaired) electrons. The van der Waals surface area contributed by atoms with Crippen molar-refractivity contribution in [2.75, 3.05) is 0 Å². The fraction of sp³-hybridized carbons (Fsp3) is 0.0769. The van der Waals surface area contributed by atoms with Gasteiger partial charge in [0.25, 0.3) is 0 Å². The fourth-order valence-electron chi connectivity index (χ4n) is 1.57. The number of benzene rings is 2. The predicted molar refractivity (Wildman–Crippen MR) is 74.5 cm³/mol. The van der Waals surface area contributed by atoms with Gasteiger partial charge in [-0.15, -0.1) is 0 Å². The maximum absolute atomic E-state index is 13.4. The molecule has 0 aliphatic carbocycles. The average Bonchev–Trinajstić information content (AvgIpc) is 2.32. The molecule has 0 amide bonds. The van der Waals surface area contributed by atoms with Gasteiger partial charge in [0.05, 0.1) is 10.0 Å². The van der Waals surface area contributed by atoms with Crippen molar-refractivity contribution in [1.82, 2.24) is 0 Å². The number of alkyl halides is 1. The van der Waals surface area contributed by atoms with Gasteiger partial charge < -0.3 is 0 Å². The van der Waals surface area contributed by atoms with Crippen molar-refractivity contribution in [2.24, 2.45) is 0 Å². The first-order chi connectivity index (χ1) is 8.10. The Bertz CT molecular complexity index is 555. The molecule has 0 aliphatic rings. The quantitative estimate of drug-likeness (QED) is 0.619. The SMILES string of the molecule is Fc1cc(CBr)cc(-c2ccc(Cl)c(Cl)c2)c1. The highest BCUT2D eigenvalue weighted by Gasteiger charge is 2.05. The van der Waals surface area contributed by atoms with Crippen LogP contribution in [0.25, 0.3) is 11.1 Å². The van der Waals surface area contributed by atoms with Crippen LogP contribution in [-0.4, -0.2) is 0 Å². The second kappa shape index (κ2) is 5.38. The maximum atomic E-state index is 13.4. The molecular formula is C13H8BrCl2F. The molecule has 17 heavy (non-hydrogen) atoms. The van der Waals surface area contributed by atoms with Crippen LogP contribution in [0.15, 0.2) is 36.4 Å². The van der Waals surface area contributed by atoms with Crippen LogP contribution in [0, 0.1) is 5.82 Å². The Hall–Kier alpha value is -0.570. The van der Waals surface area contributed by atoms with Gasteiger partial charge in [-0.3, -0.25) is 0 Å². The van der Waals surface area contributed by atoms with E-state index in [1.807, 2.05) is 12.1 Å². The number of hydrogen-bond acceptors (Lipinski definition) is 0. The minimum absolute atomic E-state index is 0.261. The first kappa shape index (κ1) is 12.9. The lowest BCUT2D eigenvalue weighted by Crippen LogP contribution is -1.85. The molecule has 0 spiro atoms. The molecule has 88 valence electrons. The van der Waals surface area contributed by atoms with Crippen LogP contribution in [0.4, 0.5) is 4.39 Å². The zero-order valence-corrected chi connectivity index (χ0v) is 11.8. The molecule has 0 fully saturated rings. The molecule has 0 saturated heterocycles. The molecule has 0 N–H and O–H groups in total. The lowest BCUT2D eigenvalue weighted by molar-refractivity contribution is 0.627. The second-order valence-electron chi connectivity index (χ2n) is 3.61. The molecule has 0 unspecified atom stereocenters. The Morgan fingerprint density at radius 1 is 0.941 bits per heavy atom. The first-order valence-corrected chi connectivity index (χ1v) is 6.79. The Labute approximate surface area is 117 Å². The van der Waals surface area contributed by atoms with Gasteiger partial charge in [0.15, 0.2) is 0 Å². The molecule has 2 aromatic rings. The fourth-order valence-corrected chi connectivity index (χ4v) is 2.19. The van der Waals surface area contributed by atoms with E-state index >= 15 is 0 Å². The van der Waals surface area contributed by atoms with Crippen molar-refractivity contribution < 1.29 is 4.39 Å². The average molecular weight is 334 g/mol. The molecule has 0 aliphatic heterocycles. The predicted octanol–water partition coefficient (Wildman–Crippen LogP) is 5.69. The Morgan fingerprint density at radius 3 is 2.35 bits per heavy atom. The largest absolute Gasteiger partial charge is 0.207 e. The molecular weight excluding hydrogens is 326 g/mol. The summed E-state index contributed by atoms with van der Waals surface area (Å²) in [6.45, 7) is 0. The van der Waals surface area contributed by atoms with E-state index in [4.69, 9.17) is 23.2 Å². The number of rotatable bonds is 2. The van der Waals surface area contributed by atoms with Crippen molar-refractivity contribution in [3.63, 3.8) is 0 Å². The van der Waals surface area contributed by atoms with Crippen LogP contribution in [0.5, 0.6) is 0 Å². The van der Waals surface area contributed by atoms with Crippen LogP contribution in [-0.2, 0) is 5.33 Å². The third kappa shape index (κ3) is 3.01. The van der Waals surface area contributed by atoms with E-state index in [1.165, 1.54) is 12.1 Å². The molecule has 0 saturated carbocycles. The highest BCUT2D eigenvalue weighted by molar-refractivity contribution is 9.08. The summed E-state index contributed by atoms with van der Waals surface area (Å²) in [5.41, 5.74) is 2.52. The summed E-state index contributed by atoms with van der Waals surface area (Å²) in [6, 6.07) is 10.1. The van der Waals surface area contributed by atoms with Gasteiger partial charge in [-0.2, -0.15) is 0 Å². The first-order valence-electron chi connectivity index (χ1n) is 4.91. The summed E-state index contributed by atoms with van der Waals surface area (Å²) in [4.78, 5) is 0. The lowest BCUT2D eigenvalue weighted by Gasteiger charge is -2.06. The zero-order chi connectivity index (χ0) is 12.4. The third-order valence-electron chi connectivity index (χ3n) is 2.36. The van der Waals surface area contributed by atoms with Crippen LogP contribution >= 0.6 is 39.1 Å². The molecule has 2 rings (SSSR count). The van der Waals surface area contributed by atoms with Crippen molar-refractivity contribution in [3.8, 4) is 11.1 Å². The van der Waals surface area contributed by atoms with Gasteiger partial charge in [-0.25, -0.2) is 4.39 Å². The second-order valence-corrected chi connectivity index (χ2v) is 4.99. The summed E-state index contributed by atoms with van der Waals surface area (Å²) in [5.74, 6) is -0.261. The summed E-state index contributed by atoms with van der Waals surface area (Å²) < 4.78 is 13.4. The molecule has 0 bridgehead atoms. The van der Waals surface area contributed by atoms with Crippen molar-refractivity contribution in [2.45, 2.75) is 5.33 Å². The number of hydrogen-bond donors (Lipinski definition) is 0. The number of halogens is 4. The van der Waals surface area contributed by atoms with Gasteiger partial charge in [-0.05, 0) is 41.0 Å². The highest BCUT2D eigenvalue weighted by Crippen LogP contribution is 2.29. The van der Waals surface area contributed by atoms with Gasteiger partial charge in [0.1, 0.15) is 5.82 Å². The molecule has 2 aromatic carbocycles. The molecule has 4 heteroatoms. The van der Waals surface area contributed by atoms with E-state index in [0.29, 0.717) is 15.4 Å². The Balaban J connectivity index is 2.52. The summed E-state index contributed by atoms with van der Waals surface area (Å²) in [7, 11) is 0. The van der Waals surface area contributed by atoms with E-state index in [9.17, 15) is 4.39 Å². The summed E-state index contributed by atoms with van der Waals surface area (Å²) >= 11 is 15.1. The normalized spacial score (nSPS) is 10.6. The van der Waals surface area contributed by atoms with Gasteiger partial charge in [-0.1, -0.05) is 51.3 Å².